The summed E-state index contributed by atoms with van der Waals surface area (Å²) in [7, 11) is 0. The molecule has 1 heterocycles. The maximum atomic E-state index is 12.2. The number of hydrogen-bond acceptors (Lipinski definition) is 2. The lowest BCUT2D eigenvalue weighted by Gasteiger charge is -2.25. The minimum atomic E-state index is -0.768. The van der Waals surface area contributed by atoms with Gasteiger partial charge in [-0.15, -0.1) is 0 Å². The number of carboxylic acids is 1. The number of carboxylic acid groups (broad SMARTS) is 1. The zero-order valence-corrected chi connectivity index (χ0v) is 11.8. The number of nitrogens with zero attached hydrogens (tertiary/aromatic N) is 1. The fourth-order valence-corrected chi connectivity index (χ4v) is 3.57. The van der Waals surface area contributed by atoms with Crippen molar-refractivity contribution in [3.05, 3.63) is 0 Å². The summed E-state index contributed by atoms with van der Waals surface area (Å²) in [6, 6.07) is -0.142. The monoisotopic (exact) mass is 267 g/mol. The Hall–Kier alpha value is -1.06. The molecular formula is C15H25NO3. The zero-order valence-electron chi connectivity index (χ0n) is 11.8. The Morgan fingerprint density at radius 3 is 2.42 bits per heavy atom. The Balaban J connectivity index is 1.78. The minimum absolute atomic E-state index is 0.142. The first-order valence-corrected chi connectivity index (χ1v) is 7.62. The van der Waals surface area contributed by atoms with Gasteiger partial charge < -0.3 is 10.0 Å². The van der Waals surface area contributed by atoms with Crippen LogP contribution in [0, 0.1) is 11.8 Å². The molecule has 2 rings (SSSR count). The van der Waals surface area contributed by atoms with Crippen LogP contribution in [-0.4, -0.2) is 34.5 Å². The van der Waals surface area contributed by atoms with Crippen LogP contribution in [-0.2, 0) is 9.59 Å². The molecule has 4 nitrogen and oxygen atoms in total. The Morgan fingerprint density at radius 2 is 1.84 bits per heavy atom. The van der Waals surface area contributed by atoms with Gasteiger partial charge >= 0.3 is 5.97 Å². The summed E-state index contributed by atoms with van der Waals surface area (Å²) in [5.41, 5.74) is 0. The van der Waals surface area contributed by atoms with Crippen molar-refractivity contribution < 1.29 is 14.7 Å². The molecule has 0 aromatic rings. The van der Waals surface area contributed by atoms with E-state index in [0.29, 0.717) is 25.3 Å². The van der Waals surface area contributed by atoms with E-state index in [1.807, 2.05) is 6.92 Å². The maximum Gasteiger partial charge on any atom is 0.308 e. The van der Waals surface area contributed by atoms with E-state index in [4.69, 9.17) is 5.11 Å². The van der Waals surface area contributed by atoms with Crippen LogP contribution in [0.5, 0.6) is 0 Å². The summed E-state index contributed by atoms with van der Waals surface area (Å²) in [4.78, 5) is 25.0. The predicted octanol–water partition coefficient (Wildman–Crippen LogP) is 2.67. The minimum Gasteiger partial charge on any atom is -0.481 e. The van der Waals surface area contributed by atoms with Crippen LogP contribution in [0.3, 0.4) is 0 Å². The highest BCUT2D eigenvalue weighted by Crippen LogP contribution is 2.29. The van der Waals surface area contributed by atoms with E-state index in [2.05, 4.69) is 0 Å². The molecule has 4 heteroatoms. The number of hydrogen-bond donors (Lipinski definition) is 1. The molecular weight excluding hydrogens is 242 g/mol. The fraction of sp³-hybridized carbons (Fsp3) is 0.867. The Kier molecular flexibility index (Phi) is 4.83. The number of carbonyl (C=O) groups excluding carboxylic acids is 1. The molecule has 1 saturated carbocycles. The van der Waals surface area contributed by atoms with Crippen molar-refractivity contribution in [1.82, 2.24) is 4.90 Å². The van der Waals surface area contributed by atoms with Crippen LogP contribution in [0.1, 0.15) is 58.3 Å². The van der Waals surface area contributed by atoms with Gasteiger partial charge in [0, 0.05) is 19.0 Å². The molecule has 0 aromatic carbocycles. The first kappa shape index (κ1) is 14.4. The van der Waals surface area contributed by atoms with Gasteiger partial charge in [0.15, 0.2) is 0 Å². The molecule has 2 fully saturated rings. The van der Waals surface area contributed by atoms with Gasteiger partial charge in [-0.2, -0.15) is 0 Å². The van der Waals surface area contributed by atoms with Crippen molar-refractivity contribution in [2.45, 2.75) is 64.3 Å². The average molecular weight is 267 g/mol. The van der Waals surface area contributed by atoms with Gasteiger partial charge in [-0.25, -0.2) is 0 Å². The van der Waals surface area contributed by atoms with E-state index in [9.17, 15) is 9.59 Å². The predicted molar refractivity (Wildman–Crippen MR) is 72.7 cm³/mol. The summed E-state index contributed by atoms with van der Waals surface area (Å²) in [6.45, 7) is 2.48. The van der Waals surface area contributed by atoms with Crippen LogP contribution in [0.25, 0.3) is 0 Å². The Labute approximate surface area is 115 Å². The van der Waals surface area contributed by atoms with Gasteiger partial charge in [0.1, 0.15) is 0 Å². The molecule has 1 saturated heterocycles. The van der Waals surface area contributed by atoms with Crippen LogP contribution in [0.15, 0.2) is 0 Å². The molecule has 108 valence electrons. The van der Waals surface area contributed by atoms with E-state index in [1.54, 1.807) is 4.90 Å². The van der Waals surface area contributed by atoms with Gasteiger partial charge in [-0.1, -0.05) is 32.1 Å². The highest BCUT2D eigenvalue weighted by Gasteiger charge is 2.37. The molecule has 0 aromatic heterocycles. The molecule has 0 spiro atoms. The number of amides is 1. The number of aliphatic carboxylic acids is 1. The summed E-state index contributed by atoms with van der Waals surface area (Å²) in [6.07, 6.45) is 8.67. The van der Waals surface area contributed by atoms with E-state index in [-0.39, 0.29) is 17.9 Å². The molecule has 1 amide bonds. The average Bonchev–Trinajstić information content (AvgIpc) is 2.79. The third-order valence-corrected chi connectivity index (χ3v) is 4.88. The van der Waals surface area contributed by atoms with Gasteiger partial charge in [0.05, 0.1) is 5.92 Å². The summed E-state index contributed by atoms with van der Waals surface area (Å²) < 4.78 is 0. The van der Waals surface area contributed by atoms with Crippen molar-refractivity contribution >= 4 is 11.9 Å². The molecule has 2 atom stereocenters. The second kappa shape index (κ2) is 6.40. The second-order valence-corrected chi connectivity index (χ2v) is 6.10. The fourth-order valence-electron chi connectivity index (χ4n) is 3.57. The second-order valence-electron chi connectivity index (χ2n) is 6.10. The number of carbonyl (C=O) groups is 2. The SMILES string of the molecule is CC1C(C(=O)O)CCN1C(=O)CCC1CCCCC1. The van der Waals surface area contributed by atoms with Crippen LogP contribution < -0.4 is 0 Å². The smallest absolute Gasteiger partial charge is 0.308 e. The number of rotatable bonds is 4. The highest BCUT2D eigenvalue weighted by molar-refractivity contribution is 5.79. The standard InChI is InChI=1S/C15H25NO3/c1-11-13(15(18)19)9-10-16(11)14(17)8-7-12-5-3-2-4-6-12/h11-13H,2-10H2,1H3,(H,18,19). The van der Waals surface area contributed by atoms with Crippen molar-refractivity contribution in [3.8, 4) is 0 Å². The van der Waals surface area contributed by atoms with Crippen LogP contribution >= 0.6 is 0 Å². The van der Waals surface area contributed by atoms with E-state index in [0.717, 1.165) is 6.42 Å². The largest absolute Gasteiger partial charge is 0.481 e. The van der Waals surface area contributed by atoms with Gasteiger partial charge in [-0.05, 0) is 25.7 Å². The normalized spacial score (nSPS) is 28.6. The molecule has 1 N–H and O–H groups in total. The zero-order chi connectivity index (χ0) is 13.8. The van der Waals surface area contributed by atoms with Crippen molar-refractivity contribution in [3.63, 3.8) is 0 Å². The third-order valence-electron chi connectivity index (χ3n) is 4.88. The molecule has 0 radical (unpaired) electrons. The van der Waals surface area contributed by atoms with Gasteiger partial charge in [-0.3, -0.25) is 9.59 Å². The first-order valence-electron chi connectivity index (χ1n) is 7.62. The quantitative estimate of drug-likeness (QED) is 0.852. The van der Waals surface area contributed by atoms with Crippen molar-refractivity contribution in [2.75, 3.05) is 6.54 Å². The third kappa shape index (κ3) is 3.48. The molecule has 1 aliphatic heterocycles. The van der Waals surface area contributed by atoms with Crippen LogP contribution in [0.2, 0.25) is 0 Å². The van der Waals surface area contributed by atoms with E-state index >= 15 is 0 Å². The highest BCUT2D eigenvalue weighted by atomic mass is 16.4. The van der Waals surface area contributed by atoms with Crippen LogP contribution in [0.4, 0.5) is 0 Å². The maximum absolute atomic E-state index is 12.2. The molecule has 0 bridgehead atoms. The lowest BCUT2D eigenvalue weighted by molar-refractivity contribution is -0.143. The van der Waals surface area contributed by atoms with Crippen molar-refractivity contribution in [2.24, 2.45) is 11.8 Å². The van der Waals surface area contributed by atoms with Gasteiger partial charge in [0.25, 0.3) is 0 Å². The summed E-state index contributed by atoms with van der Waals surface area (Å²) >= 11 is 0. The summed E-state index contributed by atoms with van der Waals surface area (Å²) in [5.74, 6) is -0.276. The van der Waals surface area contributed by atoms with Crippen molar-refractivity contribution in [1.29, 1.82) is 0 Å². The topological polar surface area (TPSA) is 57.6 Å². The lowest BCUT2D eigenvalue weighted by Crippen LogP contribution is -2.37. The lowest BCUT2D eigenvalue weighted by atomic mass is 9.86. The number of likely N-dealkylation sites (tertiary alicyclic amines) is 1. The Morgan fingerprint density at radius 1 is 1.16 bits per heavy atom. The summed E-state index contributed by atoms with van der Waals surface area (Å²) in [5, 5.41) is 9.08. The Bertz CT molecular complexity index is 336. The van der Waals surface area contributed by atoms with E-state index in [1.165, 1.54) is 32.1 Å². The molecule has 19 heavy (non-hydrogen) atoms. The molecule has 2 aliphatic rings. The molecule has 1 aliphatic carbocycles. The van der Waals surface area contributed by atoms with E-state index < -0.39 is 5.97 Å². The first-order chi connectivity index (χ1) is 9.09. The molecule has 2 unspecified atom stereocenters. The van der Waals surface area contributed by atoms with Gasteiger partial charge in [0.2, 0.25) is 5.91 Å².